The van der Waals surface area contributed by atoms with E-state index in [1.807, 2.05) is 6.07 Å². The van der Waals surface area contributed by atoms with Gasteiger partial charge in [0.1, 0.15) is 0 Å². The number of nitriles is 1. The number of halogens is 2. The molecule has 2 atom stereocenters. The molecule has 0 aliphatic heterocycles. The highest BCUT2D eigenvalue weighted by molar-refractivity contribution is 6.31. The van der Waals surface area contributed by atoms with E-state index in [1.54, 1.807) is 36.4 Å². The van der Waals surface area contributed by atoms with Gasteiger partial charge in [0.05, 0.1) is 23.8 Å². The number of hydrogen-bond acceptors (Lipinski definition) is 3. The fourth-order valence-electron chi connectivity index (χ4n) is 1.92. The highest BCUT2D eigenvalue weighted by Gasteiger charge is 2.19. The molecule has 0 amide bonds. The zero-order chi connectivity index (χ0) is 14.7. The van der Waals surface area contributed by atoms with Gasteiger partial charge in [0.25, 0.3) is 0 Å². The summed E-state index contributed by atoms with van der Waals surface area (Å²) in [5.74, 6) is 0. The van der Waals surface area contributed by atoms with Crippen LogP contribution in [-0.2, 0) is 0 Å². The van der Waals surface area contributed by atoms with E-state index < -0.39 is 12.1 Å². The molecular formula is C15H12Cl2N2O. The molecule has 0 bridgehead atoms. The van der Waals surface area contributed by atoms with Crippen molar-refractivity contribution in [2.75, 3.05) is 0 Å². The van der Waals surface area contributed by atoms with Crippen molar-refractivity contribution < 1.29 is 5.11 Å². The zero-order valence-corrected chi connectivity index (χ0v) is 11.9. The highest BCUT2D eigenvalue weighted by Crippen LogP contribution is 2.29. The summed E-state index contributed by atoms with van der Waals surface area (Å²) in [5, 5.41) is 20.2. The van der Waals surface area contributed by atoms with E-state index in [0.29, 0.717) is 21.2 Å². The van der Waals surface area contributed by atoms with E-state index in [2.05, 4.69) is 0 Å². The van der Waals surface area contributed by atoms with Gasteiger partial charge in [-0.05, 0) is 41.5 Å². The molecule has 0 spiro atoms. The van der Waals surface area contributed by atoms with Crippen LogP contribution in [0.25, 0.3) is 0 Å². The average molecular weight is 307 g/mol. The van der Waals surface area contributed by atoms with Crippen LogP contribution in [0.1, 0.15) is 28.8 Å². The molecule has 0 saturated heterocycles. The first-order chi connectivity index (χ1) is 9.51. The minimum Gasteiger partial charge on any atom is -0.386 e. The van der Waals surface area contributed by atoms with E-state index in [-0.39, 0.29) is 0 Å². The van der Waals surface area contributed by atoms with Crippen molar-refractivity contribution in [2.45, 2.75) is 12.1 Å². The number of aliphatic hydroxyl groups excluding tert-OH is 1. The molecule has 0 aromatic heterocycles. The number of nitrogens with two attached hydrogens (primary N) is 1. The summed E-state index contributed by atoms with van der Waals surface area (Å²) >= 11 is 11.7. The Balaban J connectivity index is 2.31. The van der Waals surface area contributed by atoms with Crippen LogP contribution in [0.15, 0.2) is 42.5 Å². The van der Waals surface area contributed by atoms with Crippen LogP contribution in [0.4, 0.5) is 0 Å². The summed E-state index contributed by atoms with van der Waals surface area (Å²) in [7, 11) is 0. The van der Waals surface area contributed by atoms with Gasteiger partial charge < -0.3 is 10.8 Å². The molecule has 102 valence electrons. The summed E-state index contributed by atoms with van der Waals surface area (Å²) in [4.78, 5) is 0. The third-order valence-corrected chi connectivity index (χ3v) is 3.46. The molecule has 2 aromatic carbocycles. The fraction of sp³-hybridized carbons (Fsp3) is 0.133. The van der Waals surface area contributed by atoms with Crippen molar-refractivity contribution in [1.29, 1.82) is 5.26 Å². The van der Waals surface area contributed by atoms with Gasteiger partial charge in [-0.15, -0.1) is 0 Å². The molecule has 0 aliphatic carbocycles. The Bertz CT molecular complexity index is 650. The monoisotopic (exact) mass is 306 g/mol. The largest absolute Gasteiger partial charge is 0.386 e. The van der Waals surface area contributed by atoms with Crippen molar-refractivity contribution in [1.82, 2.24) is 0 Å². The Morgan fingerprint density at radius 3 is 2.25 bits per heavy atom. The number of rotatable bonds is 3. The summed E-state index contributed by atoms with van der Waals surface area (Å²) < 4.78 is 0. The molecule has 20 heavy (non-hydrogen) atoms. The highest BCUT2D eigenvalue weighted by atomic mass is 35.5. The molecular weight excluding hydrogens is 295 g/mol. The van der Waals surface area contributed by atoms with Crippen molar-refractivity contribution in [3.8, 4) is 6.07 Å². The third kappa shape index (κ3) is 3.30. The maximum absolute atomic E-state index is 10.3. The molecule has 0 heterocycles. The quantitative estimate of drug-likeness (QED) is 0.910. The van der Waals surface area contributed by atoms with Crippen LogP contribution >= 0.6 is 23.2 Å². The molecule has 3 nitrogen and oxygen atoms in total. The Hall–Kier alpha value is -1.57. The Morgan fingerprint density at radius 2 is 1.65 bits per heavy atom. The van der Waals surface area contributed by atoms with Gasteiger partial charge >= 0.3 is 0 Å². The van der Waals surface area contributed by atoms with Gasteiger partial charge in [0.2, 0.25) is 0 Å². The van der Waals surface area contributed by atoms with E-state index >= 15 is 0 Å². The third-order valence-electron chi connectivity index (χ3n) is 2.99. The Labute approximate surface area is 127 Å². The predicted molar refractivity (Wildman–Crippen MR) is 79.5 cm³/mol. The number of benzene rings is 2. The lowest BCUT2D eigenvalue weighted by Crippen LogP contribution is -2.19. The molecule has 5 heteroatoms. The van der Waals surface area contributed by atoms with Gasteiger partial charge in [0.15, 0.2) is 0 Å². The first kappa shape index (κ1) is 14.8. The zero-order valence-electron chi connectivity index (χ0n) is 10.4. The Kier molecular flexibility index (Phi) is 4.64. The molecule has 1 unspecified atom stereocenters. The Morgan fingerprint density at radius 1 is 1.00 bits per heavy atom. The van der Waals surface area contributed by atoms with Gasteiger partial charge in [-0.3, -0.25) is 0 Å². The number of hydrogen-bond donors (Lipinski definition) is 2. The second kappa shape index (κ2) is 6.25. The van der Waals surface area contributed by atoms with Crippen LogP contribution in [-0.4, -0.2) is 5.11 Å². The first-order valence-electron chi connectivity index (χ1n) is 5.91. The van der Waals surface area contributed by atoms with E-state index in [4.69, 9.17) is 34.2 Å². The lowest BCUT2D eigenvalue weighted by molar-refractivity contribution is 0.147. The molecule has 0 fully saturated rings. The first-order valence-corrected chi connectivity index (χ1v) is 6.66. The van der Waals surface area contributed by atoms with Crippen LogP contribution in [0.3, 0.4) is 0 Å². The minimum absolute atomic E-state index is 0.384. The minimum atomic E-state index is -0.957. The predicted octanol–water partition coefficient (Wildman–Crippen LogP) is 3.60. The molecule has 0 saturated carbocycles. The summed E-state index contributed by atoms with van der Waals surface area (Å²) in [6.45, 7) is 0. The summed E-state index contributed by atoms with van der Waals surface area (Å²) in [6, 6.07) is 13.0. The van der Waals surface area contributed by atoms with Crippen LogP contribution in [0, 0.1) is 11.3 Å². The maximum Gasteiger partial charge on any atom is 0.0992 e. The van der Waals surface area contributed by atoms with E-state index in [9.17, 15) is 5.11 Å². The van der Waals surface area contributed by atoms with Gasteiger partial charge in [-0.25, -0.2) is 0 Å². The number of nitrogens with zero attached hydrogens (tertiary/aromatic N) is 1. The molecule has 3 N–H and O–H groups in total. The van der Waals surface area contributed by atoms with E-state index in [1.165, 1.54) is 6.07 Å². The average Bonchev–Trinajstić information content (AvgIpc) is 2.45. The summed E-state index contributed by atoms with van der Waals surface area (Å²) in [5.41, 5.74) is 7.69. The van der Waals surface area contributed by atoms with Crippen LogP contribution < -0.4 is 5.73 Å². The molecule has 2 rings (SSSR count). The molecule has 0 radical (unpaired) electrons. The van der Waals surface area contributed by atoms with Gasteiger partial charge in [-0.1, -0.05) is 35.3 Å². The smallest absolute Gasteiger partial charge is 0.0992 e. The maximum atomic E-state index is 10.3. The second-order valence-corrected chi connectivity index (χ2v) is 5.28. The molecule has 0 aliphatic rings. The number of aliphatic hydroxyl groups is 1. The lowest BCUT2D eigenvalue weighted by Gasteiger charge is -2.20. The topological polar surface area (TPSA) is 70.0 Å². The van der Waals surface area contributed by atoms with Crippen molar-refractivity contribution in [3.63, 3.8) is 0 Å². The van der Waals surface area contributed by atoms with Gasteiger partial charge in [0, 0.05) is 10.0 Å². The van der Waals surface area contributed by atoms with Crippen LogP contribution in [0.2, 0.25) is 10.0 Å². The second-order valence-electron chi connectivity index (χ2n) is 4.41. The van der Waals surface area contributed by atoms with E-state index in [0.717, 1.165) is 5.56 Å². The van der Waals surface area contributed by atoms with Crippen LogP contribution in [0.5, 0.6) is 0 Å². The normalized spacial score (nSPS) is 13.6. The fourth-order valence-corrected chi connectivity index (χ4v) is 2.29. The van der Waals surface area contributed by atoms with Crippen molar-refractivity contribution in [3.05, 3.63) is 69.2 Å². The lowest BCUT2D eigenvalue weighted by atomic mass is 9.95. The van der Waals surface area contributed by atoms with Crippen molar-refractivity contribution >= 4 is 23.2 Å². The summed E-state index contributed by atoms with van der Waals surface area (Å²) in [6.07, 6.45) is -0.957. The standard InChI is InChI=1S/C15H12Cl2N2O/c16-12-3-1-10(2-4-12)14(19)15(20)11-5-9(8-18)6-13(17)7-11/h1-7,14-15,20H,19H2/t14-,15?/m1/s1. The van der Waals surface area contributed by atoms with Gasteiger partial charge in [-0.2, -0.15) is 5.26 Å². The molecule has 2 aromatic rings. The SMILES string of the molecule is N#Cc1cc(Cl)cc(C(O)[C@H](N)c2ccc(Cl)cc2)c1. The van der Waals surface area contributed by atoms with Crippen molar-refractivity contribution in [2.24, 2.45) is 5.73 Å².